The maximum atomic E-state index is 12.3. The molecule has 138 valence electrons. The van der Waals surface area contributed by atoms with Crippen LogP contribution < -0.4 is 10.6 Å². The third kappa shape index (κ3) is 5.17. The summed E-state index contributed by atoms with van der Waals surface area (Å²) in [5.41, 5.74) is 1.83. The van der Waals surface area contributed by atoms with Crippen molar-refractivity contribution in [2.24, 2.45) is 0 Å². The Morgan fingerprint density at radius 1 is 1.28 bits per heavy atom. The lowest BCUT2D eigenvalue weighted by molar-refractivity contribution is -0.130. The van der Waals surface area contributed by atoms with Crippen LogP contribution in [0.4, 0.5) is 5.69 Å². The normalized spacial score (nSPS) is 22.6. The summed E-state index contributed by atoms with van der Waals surface area (Å²) in [5.74, 6) is 0.0329. The molecular formula is C18H26ClN3O3. The Balaban J connectivity index is 0.00000225. The number of carbonyl (C=O) groups is 2. The largest absolute Gasteiger partial charge is 0.375 e. The lowest BCUT2D eigenvalue weighted by Gasteiger charge is -2.29. The average molecular weight is 368 g/mol. The number of rotatable bonds is 5. The standard InChI is InChI=1S/C18H25N3O3.ClH/c1-12-17(19-9-10-24-12)18(23)20-15-5-3-14(4-6-15)11-21(13(2)22)16-7-8-16;/h3-6,12,16-17,19H,7-11H2,1-2H3,(H,20,23);1H/t12-,17+;/m1./s1. The van der Waals surface area contributed by atoms with Crippen LogP contribution in [0.25, 0.3) is 0 Å². The second-order valence-corrected chi connectivity index (χ2v) is 6.57. The van der Waals surface area contributed by atoms with Crippen molar-refractivity contribution < 1.29 is 14.3 Å². The Morgan fingerprint density at radius 3 is 2.52 bits per heavy atom. The van der Waals surface area contributed by atoms with Crippen molar-refractivity contribution in [1.29, 1.82) is 0 Å². The summed E-state index contributed by atoms with van der Waals surface area (Å²) in [7, 11) is 0. The molecule has 0 spiro atoms. The molecule has 0 radical (unpaired) electrons. The van der Waals surface area contributed by atoms with Gasteiger partial charge in [-0.05, 0) is 37.5 Å². The Labute approximate surface area is 154 Å². The highest BCUT2D eigenvalue weighted by molar-refractivity contribution is 5.95. The summed E-state index contributed by atoms with van der Waals surface area (Å²) < 4.78 is 5.50. The smallest absolute Gasteiger partial charge is 0.244 e. The molecule has 3 rings (SSSR count). The molecule has 6 nitrogen and oxygen atoms in total. The quantitative estimate of drug-likeness (QED) is 0.834. The highest BCUT2D eigenvalue weighted by atomic mass is 35.5. The van der Waals surface area contributed by atoms with Gasteiger partial charge in [-0.25, -0.2) is 0 Å². The molecule has 1 aliphatic heterocycles. The van der Waals surface area contributed by atoms with Crippen molar-refractivity contribution in [1.82, 2.24) is 10.2 Å². The second-order valence-electron chi connectivity index (χ2n) is 6.57. The Bertz CT molecular complexity index is 604. The summed E-state index contributed by atoms with van der Waals surface area (Å²) in [6, 6.07) is 7.76. The molecule has 0 unspecified atom stereocenters. The molecule has 1 saturated carbocycles. The number of halogens is 1. The summed E-state index contributed by atoms with van der Waals surface area (Å²) in [6.45, 7) is 5.46. The van der Waals surface area contributed by atoms with Crippen LogP contribution in [0.2, 0.25) is 0 Å². The van der Waals surface area contributed by atoms with Crippen LogP contribution in [0.3, 0.4) is 0 Å². The molecule has 1 aliphatic carbocycles. The zero-order valence-corrected chi connectivity index (χ0v) is 15.5. The van der Waals surface area contributed by atoms with Gasteiger partial charge in [-0.2, -0.15) is 0 Å². The van der Waals surface area contributed by atoms with E-state index < -0.39 is 0 Å². The maximum Gasteiger partial charge on any atom is 0.244 e. The SMILES string of the molecule is CC(=O)N(Cc1ccc(NC(=O)[C@H]2NCCO[C@@H]2C)cc1)C1CC1.Cl. The summed E-state index contributed by atoms with van der Waals surface area (Å²) in [6.07, 6.45) is 2.06. The first-order valence-electron chi connectivity index (χ1n) is 8.56. The average Bonchev–Trinajstić information content (AvgIpc) is 3.39. The van der Waals surface area contributed by atoms with E-state index >= 15 is 0 Å². The number of benzene rings is 1. The second kappa shape index (κ2) is 8.65. The molecule has 2 amide bonds. The van der Waals surface area contributed by atoms with E-state index in [-0.39, 0.29) is 36.4 Å². The van der Waals surface area contributed by atoms with Gasteiger partial charge in [0.15, 0.2) is 0 Å². The van der Waals surface area contributed by atoms with E-state index in [1.807, 2.05) is 36.1 Å². The predicted octanol–water partition coefficient (Wildman–Crippen LogP) is 1.93. The molecule has 2 fully saturated rings. The van der Waals surface area contributed by atoms with Crippen LogP contribution in [0.15, 0.2) is 24.3 Å². The summed E-state index contributed by atoms with van der Waals surface area (Å²) >= 11 is 0. The van der Waals surface area contributed by atoms with E-state index in [1.54, 1.807) is 6.92 Å². The van der Waals surface area contributed by atoms with Crippen LogP contribution in [-0.4, -0.2) is 48.1 Å². The fraction of sp³-hybridized carbons (Fsp3) is 0.556. The minimum absolute atomic E-state index is 0. The lowest BCUT2D eigenvalue weighted by atomic mass is 10.1. The number of ether oxygens (including phenoxy) is 1. The first kappa shape index (κ1) is 19.7. The number of nitrogens with one attached hydrogen (secondary N) is 2. The van der Waals surface area contributed by atoms with E-state index in [0.717, 1.165) is 24.1 Å². The van der Waals surface area contributed by atoms with Crippen molar-refractivity contribution in [3.8, 4) is 0 Å². The number of carbonyl (C=O) groups excluding carboxylic acids is 2. The van der Waals surface area contributed by atoms with E-state index in [9.17, 15) is 9.59 Å². The predicted molar refractivity (Wildman–Crippen MR) is 98.8 cm³/mol. The van der Waals surface area contributed by atoms with E-state index in [4.69, 9.17) is 4.74 Å². The lowest BCUT2D eigenvalue weighted by Crippen LogP contribution is -2.53. The van der Waals surface area contributed by atoms with Gasteiger partial charge >= 0.3 is 0 Å². The summed E-state index contributed by atoms with van der Waals surface area (Å²) in [5, 5.41) is 6.10. The van der Waals surface area contributed by atoms with E-state index in [1.165, 1.54) is 0 Å². The highest BCUT2D eigenvalue weighted by Gasteiger charge is 2.31. The molecule has 1 aromatic carbocycles. The van der Waals surface area contributed by atoms with Gasteiger partial charge in [0.1, 0.15) is 6.04 Å². The van der Waals surface area contributed by atoms with Gasteiger partial charge in [-0.3, -0.25) is 9.59 Å². The molecule has 25 heavy (non-hydrogen) atoms. The molecule has 0 aromatic heterocycles. The molecule has 1 heterocycles. The van der Waals surface area contributed by atoms with E-state index in [0.29, 0.717) is 25.7 Å². The maximum absolute atomic E-state index is 12.3. The number of nitrogens with zero attached hydrogens (tertiary/aromatic N) is 1. The number of hydrogen-bond donors (Lipinski definition) is 2. The Hall–Kier alpha value is -1.63. The Kier molecular flexibility index (Phi) is 6.81. The molecule has 2 atom stereocenters. The first-order valence-corrected chi connectivity index (χ1v) is 8.56. The van der Waals surface area contributed by atoms with Crippen molar-refractivity contribution >= 4 is 29.9 Å². The van der Waals surface area contributed by atoms with Crippen LogP contribution in [0.5, 0.6) is 0 Å². The van der Waals surface area contributed by atoms with Crippen LogP contribution in [0.1, 0.15) is 32.3 Å². The van der Waals surface area contributed by atoms with Gasteiger partial charge in [0.05, 0.1) is 12.7 Å². The minimum atomic E-state index is -0.332. The monoisotopic (exact) mass is 367 g/mol. The fourth-order valence-electron chi connectivity index (χ4n) is 3.02. The van der Waals surface area contributed by atoms with Crippen LogP contribution in [-0.2, 0) is 20.9 Å². The number of morpholine rings is 1. The van der Waals surface area contributed by atoms with Gasteiger partial charge in [0.25, 0.3) is 0 Å². The van der Waals surface area contributed by atoms with Crippen molar-refractivity contribution in [3.63, 3.8) is 0 Å². The zero-order valence-electron chi connectivity index (χ0n) is 14.7. The van der Waals surface area contributed by atoms with Crippen molar-refractivity contribution in [2.45, 2.75) is 51.4 Å². The zero-order chi connectivity index (χ0) is 17.1. The highest BCUT2D eigenvalue weighted by Crippen LogP contribution is 2.28. The number of amides is 2. The molecule has 7 heteroatoms. The van der Waals surface area contributed by atoms with Gasteiger partial charge in [0.2, 0.25) is 11.8 Å². The van der Waals surface area contributed by atoms with E-state index in [2.05, 4.69) is 10.6 Å². The third-order valence-corrected chi connectivity index (χ3v) is 4.57. The van der Waals surface area contributed by atoms with Crippen molar-refractivity contribution in [3.05, 3.63) is 29.8 Å². The molecule has 2 aliphatic rings. The first-order chi connectivity index (χ1) is 11.5. The van der Waals surface area contributed by atoms with Crippen LogP contribution in [0, 0.1) is 0 Å². The fourth-order valence-corrected chi connectivity index (χ4v) is 3.02. The molecule has 2 N–H and O–H groups in total. The number of hydrogen-bond acceptors (Lipinski definition) is 4. The van der Waals surface area contributed by atoms with Gasteiger partial charge < -0.3 is 20.3 Å². The third-order valence-electron chi connectivity index (χ3n) is 4.57. The molecule has 1 aromatic rings. The summed E-state index contributed by atoms with van der Waals surface area (Å²) in [4.78, 5) is 25.9. The van der Waals surface area contributed by atoms with Gasteiger partial charge in [-0.15, -0.1) is 12.4 Å². The molecule has 1 saturated heterocycles. The van der Waals surface area contributed by atoms with Crippen molar-refractivity contribution in [2.75, 3.05) is 18.5 Å². The van der Waals surface area contributed by atoms with Gasteiger partial charge in [0, 0.05) is 31.7 Å². The number of anilines is 1. The van der Waals surface area contributed by atoms with Crippen LogP contribution >= 0.6 is 12.4 Å². The molecule has 0 bridgehead atoms. The Morgan fingerprint density at radius 2 is 1.96 bits per heavy atom. The van der Waals surface area contributed by atoms with Gasteiger partial charge in [-0.1, -0.05) is 12.1 Å². The molecular weight excluding hydrogens is 342 g/mol. The topological polar surface area (TPSA) is 70.7 Å². The minimum Gasteiger partial charge on any atom is -0.375 e.